The third-order valence-electron chi connectivity index (χ3n) is 4.83. The molecule has 1 N–H and O–H groups in total. The lowest BCUT2D eigenvalue weighted by Gasteiger charge is -2.33. The van der Waals surface area contributed by atoms with Crippen LogP contribution in [0, 0.1) is 6.92 Å². The minimum absolute atomic E-state index is 0.138. The fourth-order valence-corrected chi connectivity index (χ4v) is 3.34. The highest BCUT2D eigenvalue weighted by Gasteiger charge is 2.32. The van der Waals surface area contributed by atoms with Crippen LogP contribution in [0.3, 0.4) is 0 Å². The average Bonchev–Trinajstić information content (AvgIpc) is 3.19. The van der Waals surface area contributed by atoms with Gasteiger partial charge in [0.1, 0.15) is 6.04 Å². The van der Waals surface area contributed by atoms with Crippen molar-refractivity contribution in [2.24, 2.45) is 0 Å². The fourth-order valence-electron chi connectivity index (χ4n) is 3.34. The first-order valence-electron chi connectivity index (χ1n) is 9.24. The third-order valence-corrected chi connectivity index (χ3v) is 4.83. The van der Waals surface area contributed by atoms with Crippen molar-refractivity contribution in [3.8, 4) is 11.4 Å². The molecule has 0 aliphatic carbocycles. The summed E-state index contributed by atoms with van der Waals surface area (Å²) < 4.78 is 5.54. The molecule has 4 rings (SSSR count). The number of nitrogens with one attached hydrogen (secondary N) is 1. The molecule has 1 aromatic heterocycles. The monoisotopic (exact) mass is 362 g/mol. The van der Waals surface area contributed by atoms with E-state index in [2.05, 4.69) is 15.5 Å². The summed E-state index contributed by atoms with van der Waals surface area (Å²) in [5, 5.41) is 7.08. The van der Waals surface area contributed by atoms with E-state index < -0.39 is 0 Å². The molecule has 1 saturated heterocycles. The quantitative estimate of drug-likeness (QED) is 0.726. The number of aryl methyl sites for hydroxylation is 1. The largest absolute Gasteiger partial charge is 0.337 e. The summed E-state index contributed by atoms with van der Waals surface area (Å²) in [6.07, 6.45) is 2.82. The van der Waals surface area contributed by atoms with E-state index in [-0.39, 0.29) is 12.1 Å². The number of carbonyl (C=O) groups is 1. The Hall–Kier alpha value is -3.15. The number of benzene rings is 2. The van der Waals surface area contributed by atoms with Crippen LogP contribution in [0.15, 0.2) is 59.1 Å². The van der Waals surface area contributed by atoms with Gasteiger partial charge in [-0.2, -0.15) is 4.98 Å². The smallest absolute Gasteiger partial charge is 0.322 e. The van der Waals surface area contributed by atoms with Crippen LogP contribution in [0.4, 0.5) is 10.5 Å². The van der Waals surface area contributed by atoms with Gasteiger partial charge in [-0.05, 0) is 38.3 Å². The van der Waals surface area contributed by atoms with Crippen molar-refractivity contribution < 1.29 is 9.32 Å². The van der Waals surface area contributed by atoms with E-state index in [1.54, 1.807) is 4.90 Å². The van der Waals surface area contributed by atoms with Crippen LogP contribution in [0.25, 0.3) is 11.4 Å². The zero-order valence-electron chi connectivity index (χ0n) is 15.3. The van der Waals surface area contributed by atoms with Crippen molar-refractivity contribution in [1.82, 2.24) is 15.0 Å². The van der Waals surface area contributed by atoms with Crippen molar-refractivity contribution in [2.75, 3.05) is 11.9 Å². The molecule has 0 bridgehead atoms. The molecule has 2 heterocycles. The lowest BCUT2D eigenvalue weighted by molar-refractivity contribution is 0.142. The van der Waals surface area contributed by atoms with Crippen molar-refractivity contribution in [3.05, 3.63) is 66.1 Å². The molecule has 1 unspecified atom stereocenters. The van der Waals surface area contributed by atoms with E-state index in [1.165, 1.54) is 5.56 Å². The molecule has 0 radical (unpaired) electrons. The Balaban J connectivity index is 1.54. The molecule has 0 saturated carbocycles. The summed E-state index contributed by atoms with van der Waals surface area (Å²) in [6.45, 7) is 2.71. The molecule has 6 nitrogen and oxygen atoms in total. The highest BCUT2D eigenvalue weighted by atomic mass is 16.5. The van der Waals surface area contributed by atoms with E-state index in [0.717, 1.165) is 30.5 Å². The third kappa shape index (κ3) is 3.84. The molecule has 1 fully saturated rings. The zero-order chi connectivity index (χ0) is 18.6. The van der Waals surface area contributed by atoms with Crippen molar-refractivity contribution in [1.29, 1.82) is 0 Å². The van der Waals surface area contributed by atoms with Gasteiger partial charge in [-0.3, -0.25) is 0 Å². The van der Waals surface area contributed by atoms with Gasteiger partial charge in [0.15, 0.2) is 0 Å². The number of anilines is 1. The van der Waals surface area contributed by atoms with Crippen LogP contribution in [0.5, 0.6) is 0 Å². The standard InChI is InChI=1S/C21H22N4O2/c1-15-10-12-16(13-11-15)19-23-20(27-24-19)18-9-5-6-14-25(18)21(26)22-17-7-3-2-4-8-17/h2-4,7-8,10-13,18H,5-6,9,14H2,1H3,(H,22,26). The van der Waals surface area contributed by atoms with Gasteiger partial charge in [-0.25, -0.2) is 4.79 Å². The predicted octanol–water partition coefficient (Wildman–Crippen LogP) is 4.80. The molecule has 3 aromatic rings. The molecule has 1 aliphatic rings. The van der Waals surface area contributed by atoms with Gasteiger partial charge in [0, 0.05) is 17.8 Å². The van der Waals surface area contributed by atoms with Gasteiger partial charge in [0.05, 0.1) is 0 Å². The minimum Gasteiger partial charge on any atom is -0.337 e. The first-order valence-corrected chi connectivity index (χ1v) is 9.24. The number of likely N-dealkylation sites (tertiary alicyclic amines) is 1. The van der Waals surface area contributed by atoms with E-state index >= 15 is 0 Å². The number of carbonyl (C=O) groups excluding carboxylic acids is 1. The van der Waals surface area contributed by atoms with E-state index in [1.807, 2.05) is 61.5 Å². The summed E-state index contributed by atoms with van der Waals surface area (Å²) in [7, 11) is 0. The van der Waals surface area contributed by atoms with E-state index in [0.29, 0.717) is 18.3 Å². The molecule has 27 heavy (non-hydrogen) atoms. The normalized spacial score (nSPS) is 16.9. The second kappa shape index (κ2) is 7.61. The Morgan fingerprint density at radius 1 is 1.11 bits per heavy atom. The number of para-hydroxylation sites is 1. The van der Waals surface area contributed by atoms with Crippen LogP contribution in [-0.2, 0) is 0 Å². The first kappa shape index (κ1) is 17.3. The molecular weight excluding hydrogens is 340 g/mol. The maximum absolute atomic E-state index is 12.8. The van der Waals surface area contributed by atoms with Crippen molar-refractivity contribution >= 4 is 11.7 Å². The van der Waals surface area contributed by atoms with E-state index in [4.69, 9.17) is 4.52 Å². The Morgan fingerprint density at radius 2 is 1.89 bits per heavy atom. The molecule has 1 atom stereocenters. The summed E-state index contributed by atoms with van der Waals surface area (Å²) in [4.78, 5) is 19.2. The van der Waals surface area contributed by atoms with Crippen LogP contribution < -0.4 is 5.32 Å². The molecular formula is C21H22N4O2. The lowest BCUT2D eigenvalue weighted by atomic mass is 10.0. The number of hydrogen-bond acceptors (Lipinski definition) is 4. The number of amides is 2. The van der Waals surface area contributed by atoms with Gasteiger partial charge >= 0.3 is 6.03 Å². The molecule has 2 amide bonds. The van der Waals surface area contributed by atoms with Crippen molar-refractivity contribution in [2.45, 2.75) is 32.2 Å². The topological polar surface area (TPSA) is 71.3 Å². The Bertz CT molecular complexity index is 905. The minimum atomic E-state index is -0.200. The van der Waals surface area contributed by atoms with Crippen LogP contribution >= 0.6 is 0 Å². The van der Waals surface area contributed by atoms with E-state index in [9.17, 15) is 4.79 Å². The Morgan fingerprint density at radius 3 is 2.67 bits per heavy atom. The van der Waals surface area contributed by atoms with Gasteiger partial charge in [0.25, 0.3) is 0 Å². The maximum atomic E-state index is 12.8. The Kier molecular flexibility index (Phi) is 4.87. The van der Waals surface area contributed by atoms with Crippen LogP contribution in [-0.4, -0.2) is 27.6 Å². The summed E-state index contributed by atoms with van der Waals surface area (Å²) in [5.41, 5.74) is 2.86. The molecule has 0 spiro atoms. The fraction of sp³-hybridized carbons (Fsp3) is 0.286. The van der Waals surface area contributed by atoms with Gasteiger partial charge in [-0.15, -0.1) is 0 Å². The summed E-state index contributed by atoms with van der Waals surface area (Å²) >= 11 is 0. The molecule has 6 heteroatoms. The maximum Gasteiger partial charge on any atom is 0.322 e. The Labute approximate surface area is 158 Å². The summed E-state index contributed by atoms with van der Waals surface area (Å²) in [6, 6.07) is 17.1. The lowest BCUT2D eigenvalue weighted by Crippen LogP contribution is -2.41. The van der Waals surface area contributed by atoms with Gasteiger partial charge in [0.2, 0.25) is 11.7 Å². The predicted molar refractivity (Wildman–Crippen MR) is 103 cm³/mol. The molecule has 1 aliphatic heterocycles. The number of hydrogen-bond donors (Lipinski definition) is 1. The van der Waals surface area contributed by atoms with Crippen LogP contribution in [0.2, 0.25) is 0 Å². The average molecular weight is 362 g/mol. The SMILES string of the molecule is Cc1ccc(-c2noc(C3CCCCN3C(=O)Nc3ccccc3)n2)cc1. The highest BCUT2D eigenvalue weighted by molar-refractivity contribution is 5.89. The summed E-state index contributed by atoms with van der Waals surface area (Å²) in [5.74, 6) is 1.05. The highest BCUT2D eigenvalue weighted by Crippen LogP contribution is 2.31. The first-order chi connectivity index (χ1) is 13.2. The van der Waals surface area contributed by atoms with Crippen molar-refractivity contribution in [3.63, 3.8) is 0 Å². The zero-order valence-corrected chi connectivity index (χ0v) is 15.3. The van der Waals surface area contributed by atoms with Gasteiger partial charge < -0.3 is 14.7 Å². The number of urea groups is 1. The number of aromatic nitrogens is 2. The molecule has 2 aromatic carbocycles. The van der Waals surface area contributed by atoms with Gasteiger partial charge in [-0.1, -0.05) is 53.2 Å². The van der Waals surface area contributed by atoms with Crippen LogP contribution in [0.1, 0.15) is 36.8 Å². The number of rotatable bonds is 3. The number of piperidine rings is 1. The second-order valence-electron chi connectivity index (χ2n) is 6.82. The molecule has 138 valence electrons. The second-order valence-corrected chi connectivity index (χ2v) is 6.82. The number of nitrogens with zero attached hydrogens (tertiary/aromatic N) is 3.